The minimum absolute atomic E-state index is 0.199. The molecule has 0 saturated heterocycles. The van der Waals surface area contributed by atoms with Crippen LogP contribution in [0, 0.1) is 0 Å². The first-order chi connectivity index (χ1) is 6.06. The third kappa shape index (κ3) is 2.63. The quantitative estimate of drug-likeness (QED) is 0.806. The summed E-state index contributed by atoms with van der Waals surface area (Å²) >= 11 is 1.49. The number of hydrogen-bond donors (Lipinski definition) is 1. The van der Waals surface area contributed by atoms with Crippen molar-refractivity contribution in [2.45, 2.75) is 32.4 Å². The van der Waals surface area contributed by atoms with E-state index in [0.717, 1.165) is 5.13 Å². The van der Waals surface area contributed by atoms with Crippen molar-refractivity contribution in [3.8, 4) is 0 Å². The van der Waals surface area contributed by atoms with Crippen molar-refractivity contribution < 1.29 is 4.74 Å². The van der Waals surface area contributed by atoms with Gasteiger partial charge in [-0.05, 0) is 20.8 Å². The molecule has 1 aromatic rings. The Hall–Kier alpha value is -0.680. The van der Waals surface area contributed by atoms with Crippen LogP contribution >= 0.6 is 11.3 Å². The molecule has 1 atom stereocenters. The van der Waals surface area contributed by atoms with Crippen molar-refractivity contribution in [3.05, 3.63) is 5.51 Å². The number of rotatable bonds is 4. The molecule has 0 fully saturated rings. The number of nitrogens with zero attached hydrogens (tertiary/aromatic N) is 2. The maximum atomic E-state index is 5.34. The number of ether oxygens (including phenoxy) is 1. The molecule has 4 nitrogen and oxygen atoms in total. The van der Waals surface area contributed by atoms with E-state index in [4.69, 9.17) is 4.74 Å². The van der Waals surface area contributed by atoms with Gasteiger partial charge >= 0.3 is 0 Å². The Bertz CT molecular complexity index is 248. The van der Waals surface area contributed by atoms with Crippen LogP contribution in [0.3, 0.4) is 0 Å². The summed E-state index contributed by atoms with van der Waals surface area (Å²) in [5.74, 6) is 0. The second-order valence-electron chi connectivity index (χ2n) is 3.42. The fourth-order valence-electron chi connectivity index (χ4n) is 0.772. The number of aromatic nitrogens is 2. The normalized spacial score (nSPS) is 14.2. The summed E-state index contributed by atoms with van der Waals surface area (Å²) in [5, 5.41) is 11.7. The summed E-state index contributed by atoms with van der Waals surface area (Å²) in [6, 6.07) is 0.199. The predicted octanol–water partition coefficient (Wildman–Crippen LogP) is 1.76. The highest BCUT2D eigenvalue weighted by Crippen LogP contribution is 2.18. The van der Waals surface area contributed by atoms with E-state index in [9.17, 15) is 0 Å². The molecule has 0 aliphatic carbocycles. The van der Waals surface area contributed by atoms with Gasteiger partial charge in [0.05, 0.1) is 11.6 Å². The summed E-state index contributed by atoms with van der Waals surface area (Å²) < 4.78 is 5.34. The standard InChI is InChI=1S/C8H15N3OS/c1-6(8(2,3)12-4)10-7-11-9-5-13-7/h5-6H,1-4H3,(H,10,11). The van der Waals surface area contributed by atoms with Gasteiger partial charge in [-0.3, -0.25) is 0 Å². The lowest BCUT2D eigenvalue weighted by atomic mass is 10.0. The molecule has 1 N–H and O–H groups in total. The summed E-state index contributed by atoms with van der Waals surface area (Å²) in [6.07, 6.45) is 0. The molecule has 0 saturated carbocycles. The molecule has 0 aromatic carbocycles. The van der Waals surface area contributed by atoms with E-state index in [-0.39, 0.29) is 11.6 Å². The molecule has 5 heteroatoms. The van der Waals surface area contributed by atoms with Crippen molar-refractivity contribution in [2.75, 3.05) is 12.4 Å². The molecule has 0 aliphatic heterocycles. The van der Waals surface area contributed by atoms with Crippen LogP contribution in [-0.4, -0.2) is 29.0 Å². The SMILES string of the molecule is COC(C)(C)C(C)Nc1nncs1. The monoisotopic (exact) mass is 201 g/mol. The minimum Gasteiger partial charge on any atom is -0.377 e. The smallest absolute Gasteiger partial charge is 0.205 e. The Morgan fingerprint density at radius 3 is 2.77 bits per heavy atom. The van der Waals surface area contributed by atoms with Crippen LogP contribution < -0.4 is 5.32 Å². The van der Waals surface area contributed by atoms with Crippen LogP contribution in [0.15, 0.2) is 5.51 Å². The predicted molar refractivity (Wildman–Crippen MR) is 54.1 cm³/mol. The van der Waals surface area contributed by atoms with Crippen molar-refractivity contribution in [1.29, 1.82) is 0 Å². The fraction of sp³-hybridized carbons (Fsp3) is 0.750. The highest BCUT2D eigenvalue weighted by Gasteiger charge is 2.25. The van der Waals surface area contributed by atoms with Gasteiger partial charge in [-0.2, -0.15) is 0 Å². The van der Waals surface area contributed by atoms with E-state index in [2.05, 4.69) is 22.4 Å². The number of anilines is 1. The van der Waals surface area contributed by atoms with E-state index in [1.807, 2.05) is 13.8 Å². The third-order valence-corrected chi connectivity index (χ3v) is 2.89. The molecule has 0 aliphatic rings. The maximum absolute atomic E-state index is 5.34. The summed E-state index contributed by atoms with van der Waals surface area (Å²) in [4.78, 5) is 0. The molecule has 1 unspecified atom stereocenters. The second kappa shape index (κ2) is 4.02. The van der Waals surface area contributed by atoms with Gasteiger partial charge in [-0.1, -0.05) is 11.3 Å². The van der Waals surface area contributed by atoms with Crippen LogP contribution in [0.25, 0.3) is 0 Å². The molecule has 1 rings (SSSR count). The molecular weight excluding hydrogens is 186 g/mol. The molecule has 1 heterocycles. The van der Waals surface area contributed by atoms with Crippen molar-refractivity contribution in [2.24, 2.45) is 0 Å². The van der Waals surface area contributed by atoms with Gasteiger partial charge in [0.15, 0.2) is 0 Å². The van der Waals surface area contributed by atoms with E-state index >= 15 is 0 Å². The van der Waals surface area contributed by atoms with Crippen molar-refractivity contribution in [3.63, 3.8) is 0 Å². The Morgan fingerprint density at radius 1 is 1.62 bits per heavy atom. The fourth-order valence-corrected chi connectivity index (χ4v) is 1.30. The Labute approximate surface area is 82.3 Å². The molecule has 0 spiro atoms. The summed E-state index contributed by atoms with van der Waals surface area (Å²) in [7, 11) is 1.71. The first-order valence-electron chi connectivity index (χ1n) is 4.14. The lowest BCUT2D eigenvalue weighted by molar-refractivity contribution is 0.0107. The van der Waals surface area contributed by atoms with Crippen LogP contribution in [0.5, 0.6) is 0 Å². The maximum Gasteiger partial charge on any atom is 0.205 e. The zero-order valence-corrected chi connectivity index (χ0v) is 9.18. The van der Waals surface area contributed by atoms with Gasteiger partial charge in [0.1, 0.15) is 5.51 Å². The average Bonchev–Trinajstić information content (AvgIpc) is 2.57. The summed E-state index contributed by atoms with van der Waals surface area (Å²) in [6.45, 7) is 6.13. The summed E-state index contributed by atoms with van der Waals surface area (Å²) in [5.41, 5.74) is 1.50. The van der Waals surface area contributed by atoms with Gasteiger partial charge in [0.25, 0.3) is 0 Å². The topological polar surface area (TPSA) is 47.0 Å². The van der Waals surface area contributed by atoms with E-state index in [1.54, 1.807) is 12.6 Å². The molecule has 0 bridgehead atoms. The first-order valence-corrected chi connectivity index (χ1v) is 5.02. The molecule has 1 aromatic heterocycles. The second-order valence-corrected chi connectivity index (χ2v) is 4.25. The Morgan fingerprint density at radius 2 is 2.31 bits per heavy atom. The van der Waals surface area contributed by atoms with Gasteiger partial charge in [-0.25, -0.2) is 0 Å². The molecule has 13 heavy (non-hydrogen) atoms. The lowest BCUT2D eigenvalue weighted by Gasteiger charge is -2.30. The number of methoxy groups -OCH3 is 1. The molecular formula is C8H15N3OS. The lowest BCUT2D eigenvalue weighted by Crippen LogP contribution is -2.41. The van der Waals surface area contributed by atoms with Crippen molar-refractivity contribution in [1.82, 2.24) is 10.2 Å². The van der Waals surface area contributed by atoms with Crippen LogP contribution in [-0.2, 0) is 4.74 Å². The highest BCUT2D eigenvalue weighted by molar-refractivity contribution is 7.13. The van der Waals surface area contributed by atoms with Crippen LogP contribution in [0.2, 0.25) is 0 Å². The van der Waals surface area contributed by atoms with Gasteiger partial charge in [0.2, 0.25) is 5.13 Å². The third-order valence-electron chi connectivity index (χ3n) is 2.27. The van der Waals surface area contributed by atoms with Crippen molar-refractivity contribution >= 4 is 16.5 Å². The van der Waals surface area contributed by atoms with Crippen LogP contribution in [0.1, 0.15) is 20.8 Å². The van der Waals surface area contributed by atoms with E-state index in [1.165, 1.54) is 11.3 Å². The Balaban J connectivity index is 2.55. The zero-order chi connectivity index (χ0) is 9.90. The van der Waals surface area contributed by atoms with Gasteiger partial charge in [-0.15, -0.1) is 10.2 Å². The first kappa shape index (κ1) is 10.4. The number of nitrogens with one attached hydrogen (secondary N) is 1. The zero-order valence-electron chi connectivity index (χ0n) is 8.37. The molecule has 0 radical (unpaired) electrons. The number of hydrogen-bond acceptors (Lipinski definition) is 5. The largest absolute Gasteiger partial charge is 0.377 e. The molecule has 74 valence electrons. The highest BCUT2D eigenvalue weighted by atomic mass is 32.1. The van der Waals surface area contributed by atoms with E-state index < -0.39 is 0 Å². The van der Waals surface area contributed by atoms with E-state index in [0.29, 0.717) is 0 Å². The van der Waals surface area contributed by atoms with Crippen LogP contribution in [0.4, 0.5) is 5.13 Å². The Kier molecular flexibility index (Phi) is 3.22. The molecule has 0 amide bonds. The van der Waals surface area contributed by atoms with Gasteiger partial charge < -0.3 is 10.1 Å². The average molecular weight is 201 g/mol. The minimum atomic E-state index is -0.203. The van der Waals surface area contributed by atoms with Gasteiger partial charge in [0, 0.05) is 7.11 Å².